The fourth-order valence-corrected chi connectivity index (χ4v) is 2.82. The Morgan fingerprint density at radius 1 is 1.08 bits per heavy atom. The normalized spacial score (nSPS) is 14.8. The number of carbonyl (C=O) groups excluding carboxylic acids is 2. The lowest BCUT2D eigenvalue weighted by atomic mass is 9.77. The smallest absolute Gasteiger partial charge is 0.225 e. The van der Waals surface area contributed by atoms with Crippen LogP contribution in [-0.2, 0) is 10.2 Å². The molecule has 0 saturated carbocycles. The molecule has 4 heteroatoms. The van der Waals surface area contributed by atoms with Gasteiger partial charge in [-0.25, -0.2) is 0 Å². The van der Waals surface area contributed by atoms with Gasteiger partial charge in [-0.1, -0.05) is 37.8 Å². The summed E-state index contributed by atoms with van der Waals surface area (Å²) in [5.41, 5.74) is 3.38. The highest BCUT2D eigenvalue weighted by molar-refractivity contribution is 5.95. The quantitative estimate of drug-likeness (QED) is 0.818. The molecule has 1 amide bonds. The summed E-state index contributed by atoms with van der Waals surface area (Å²) in [6, 6.07) is 12.0. The Morgan fingerprint density at radius 2 is 1.71 bits per heavy atom. The topological polar surface area (TPSA) is 69.2 Å². The van der Waals surface area contributed by atoms with Crippen molar-refractivity contribution in [3.05, 3.63) is 64.7 Å². The number of hydrogen-bond acceptors (Lipinski definition) is 3. The van der Waals surface area contributed by atoms with Gasteiger partial charge in [0.1, 0.15) is 0 Å². The zero-order chi connectivity index (χ0) is 17.3. The molecule has 120 valence electrons. The first-order valence-corrected chi connectivity index (χ1v) is 7.63. The first-order chi connectivity index (χ1) is 11.3. The van der Waals surface area contributed by atoms with Crippen LogP contribution in [-0.4, -0.2) is 11.9 Å². The fraction of sp³-hybridized carbons (Fsp3) is 0.200. The summed E-state index contributed by atoms with van der Waals surface area (Å²) >= 11 is 0. The minimum absolute atomic E-state index is 0.0272. The van der Waals surface area contributed by atoms with Crippen LogP contribution >= 0.6 is 0 Å². The fourth-order valence-electron chi connectivity index (χ4n) is 2.82. The van der Waals surface area contributed by atoms with Crippen LogP contribution in [0.4, 0.5) is 5.69 Å². The molecule has 1 heterocycles. The average molecular weight is 318 g/mol. The Bertz CT molecular complexity index is 883. The molecule has 0 radical (unpaired) electrons. The summed E-state index contributed by atoms with van der Waals surface area (Å²) in [5.74, 6) is 4.93. The maximum absolute atomic E-state index is 11.7. The lowest BCUT2D eigenvalue weighted by molar-refractivity contribution is -0.255. The van der Waals surface area contributed by atoms with E-state index in [9.17, 15) is 14.7 Å². The van der Waals surface area contributed by atoms with Crippen LogP contribution in [0.15, 0.2) is 42.5 Å². The number of fused-ring (bicyclic) bond motifs is 1. The molecule has 2 aromatic rings. The van der Waals surface area contributed by atoms with E-state index in [4.69, 9.17) is 0 Å². The minimum Gasteiger partial charge on any atom is -0.545 e. The van der Waals surface area contributed by atoms with Gasteiger partial charge in [-0.15, -0.1) is 0 Å². The molecule has 0 spiro atoms. The summed E-state index contributed by atoms with van der Waals surface area (Å²) < 4.78 is 0. The highest BCUT2D eigenvalue weighted by Gasteiger charge is 2.31. The number of nitrogens with one attached hydrogen (secondary N) is 1. The van der Waals surface area contributed by atoms with E-state index in [2.05, 4.69) is 17.2 Å². The van der Waals surface area contributed by atoms with Crippen LogP contribution in [0.25, 0.3) is 0 Å². The van der Waals surface area contributed by atoms with Crippen LogP contribution in [0.5, 0.6) is 0 Å². The number of benzene rings is 2. The van der Waals surface area contributed by atoms with E-state index in [1.807, 2.05) is 32.0 Å². The van der Waals surface area contributed by atoms with Crippen molar-refractivity contribution in [1.82, 2.24) is 0 Å². The van der Waals surface area contributed by atoms with E-state index in [0.29, 0.717) is 6.42 Å². The van der Waals surface area contributed by atoms with Crippen molar-refractivity contribution < 1.29 is 14.7 Å². The van der Waals surface area contributed by atoms with Gasteiger partial charge >= 0.3 is 0 Å². The zero-order valence-corrected chi connectivity index (χ0v) is 13.5. The van der Waals surface area contributed by atoms with E-state index >= 15 is 0 Å². The van der Waals surface area contributed by atoms with Crippen LogP contribution in [0.1, 0.15) is 47.3 Å². The lowest BCUT2D eigenvalue weighted by Gasteiger charge is -2.32. The second-order valence-electron chi connectivity index (χ2n) is 6.48. The van der Waals surface area contributed by atoms with E-state index in [1.54, 1.807) is 12.1 Å². The number of hydrogen-bond donors (Lipinski definition) is 1. The summed E-state index contributed by atoms with van der Waals surface area (Å²) in [5, 5.41) is 13.6. The minimum atomic E-state index is -1.20. The van der Waals surface area contributed by atoms with Crippen molar-refractivity contribution in [3.8, 4) is 11.8 Å². The van der Waals surface area contributed by atoms with E-state index in [1.165, 1.54) is 12.1 Å². The SMILES string of the molecule is CC1(C)CC(=O)Nc2ccc(C#Cc3ccc(C(=O)[O-])cc3)cc21. The molecule has 0 aliphatic carbocycles. The molecule has 4 nitrogen and oxygen atoms in total. The summed E-state index contributed by atoms with van der Waals surface area (Å²) in [4.78, 5) is 22.5. The summed E-state index contributed by atoms with van der Waals surface area (Å²) in [7, 11) is 0. The number of carbonyl (C=O) groups is 2. The predicted molar refractivity (Wildman–Crippen MR) is 89.5 cm³/mol. The van der Waals surface area contributed by atoms with Crippen molar-refractivity contribution in [3.63, 3.8) is 0 Å². The van der Waals surface area contributed by atoms with Crippen LogP contribution < -0.4 is 10.4 Å². The van der Waals surface area contributed by atoms with Crippen LogP contribution in [0.2, 0.25) is 0 Å². The van der Waals surface area contributed by atoms with Gasteiger partial charge in [0, 0.05) is 28.7 Å². The van der Waals surface area contributed by atoms with E-state index < -0.39 is 5.97 Å². The molecular formula is C20H16NO3-. The second kappa shape index (κ2) is 5.86. The van der Waals surface area contributed by atoms with E-state index in [0.717, 1.165) is 22.4 Å². The highest BCUT2D eigenvalue weighted by Crippen LogP contribution is 2.37. The molecule has 0 aromatic heterocycles. The van der Waals surface area contributed by atoms with Crippen molar-refractivity contribution in [1.29, 1.82) is 0 Å². The predicted octanol–water partition coefficient (Wildman–Crippen LogP) is 2.07. The molecule has 1 N–H and O–H groups in total. The Balaban J connectivity index is 1.90. The van der Waals surface area contributed by atoms with Gasteiger partial charge in [0.15, 0.2) is 0 Å². The number of amides is 1. The number of rotatable bonds is 1. The van der Waals surface area contributed by atoms with Crippen molar-refractivity contribution >= 4 is 17.6 Å². The van der Waals surface area contributed by atoms with Gasteiger partial charge in [-0.3, -0.25) is 4.79 Å². The monoisotopic (exact) mass is 318 g/mol. The highest BCUT2D eigenvalue weighted by atomic mass is 16.4. The molecule has 0 fully saturated rings. The van der Waals surface area contributed by atoms with Crippen LogP contribution in [0.3, 0.4) is 0 Å². The Hall–Kier alpha value is -3.06. The maximum atomic E-state index is 11.7. The summed E-state index contributed by atoms with van der Waals surface area (Å²) in [6.45, 7) is 4.08. The molecule has 1 aliphatic heterocycles. The standard InChI is InChI=1S/C20H17NO3/c1-20(2)12-18(22)21-17-10-7-14(11-16(17)20)4-3-13-5-8-15(9-6-13)19(23)24/h5-11H,12H2,1-2H3,(H,21,22)(H,23,24)/p-1. The van der Waals surface area contributed by atoms with E-state index in [-0.39, 0.29) is 16.9 Å². The second-order valence-corrected chi connectivity index (χ2v) is 6.48. The third kappa shape index (κ3) is 3.16. The number of carboxylic acids is 1. The maximum Gasteiger partial charge on any atom is 0.225 e. The zero-order valence-electron chi connectivity index (χ0n) is 13.5. The molecule has 2 aromatic carbocycles. The molecule has 0 bridgehead atoms. The van der Waals surface area contributed by atoms with Gasteiger partial charge < -0.3 is 15.2 Å². The van der Waals surface area contributed by atoms with Gasteiger partial charge in [0.2, 0.25) is 5.91 Å². The lowest BCUT2D eigenvalue weighted by Crippen LogP contribution is -2.32. The largest absolute Gasteiger partial charge is 0.545 e. The third-order valence-corrected chi connectivity index (χ3v) is 4.10. The molecular weight excluding hydrogens is 302 g/mol. The van der Waals surface area contributed by atoms with Crippen molar-refractivity contribution in [2.24, 2.45) is 0 Å². The number of carboxylic acid groups (broad SMARTS) is 1. The first-order valence-electron chi connectivity index (χ1n) is 7.63. The molecule has 0 unspecified atom stereocenters. The number of anilines is 1. The Labute approximate surface area is 140 Å². The molecule has 3 rings (SSSR count). The Kier molecular flexibility index (Phi) is 3.86. The molecule has 24 heavy (non-hydrogen) atoms. The third-order valence-electron chi connectivity index (χ3n) is 4.10. The van der Waals surface area contributed by atoms with Crippen molar-refractivity contribution in [2.75, 3.05) is 5.32 Å². The summed E-state index contributed by atoms with van der Waals surface area (Å²) in [6.07, 6.45) is 0.446. The van der Waals surface area contributed by atoms with Crippen LogP contribution in [0, 0.1) is 11.8 Å². The van der Waals surface area contributed by atoms with Gasteiger partial charge in [-0.2, -0.15) is 0 Å². The molecule has 0 saturated heterocycles. The number of aromatic carboxylic acids is 1. The van der Waals surface area contributed by atoms with Crippen molar-refractivity contribution in [2.45, 2.75) is 25.7 Å². The molecule has 1 aliphatic rings. The van der Waals surface area contributed by atoms with Gasteiger partial charge in [-0.05, 0) is 41.5 Å². The average Bonchev–Trinajstić information content (AvgIpc) is 2.52. The Morgan fingerprint density at radius 3 is 2.38 bits per heavy atom. The first kappa shape index (κ1) is 15.8. The van der Waals surface area contributed by atoms with Gasteiger partial charge in [0.25, 0.3) is 0 Å². The van der Waals surface area contributed by atoms with Gasteiger partial charge in [0.05, 0.1) is 5.97 Å². The molecule has 0 atom stereocenters.